The van der Waals surface area contributed by atoms with Crippen molar-refractivity contribution in [3.05, 3.63) is 34.9 Å². The highest BCUT2D eigenvalue weighted by Gasteiger charge is 2.34. The van der Waals surface area contributed by atoms with Gasteiger partial charge in [-0.3, -0.25) is 4.79 Å². The van der Waals surface area contributed by atoms with E-state index in [1.54, 1.807) is 7.05 Å². The molecule has 0 N–H and O–H groups in total. The summed E-state index contributed by atoms with van der Waals surface area (Å²) in [5.74, 6) is 1.80. The maximum Gasteiger partial charge on any atom is 0.416 e. The van der Waals surface area contributed by atoms with Crippen LogP contribution in [0.4, 0.5) is 13.2 Å². The molecule has 0 unspecified atom stereocenters. The molecule has 2 rings (SSSR count). The summed E-state index contributed by atoms with van der Waals surface area (Å²) in [6.45, 7) is 0. The number of hydrogen-bond donors (Lipinski definition) is 0. The van der Waals surface area contributed by atoms with Crippen molar-refractivity contribution in [3.63, 3.8) is 0 Å². The Bertz CT molecular complexity index is 553. The quantitative estimate of drug-likeness (QED) is 0.754. The monoisotopic (exact) mass is 267 g/mol. The molecule has 0 spiro atoms. The van der Waals surface area contributed by atoms with E-state index in [1.165, 1.54) is 4.90 Å². The lowest BCUT2D eigenvalue weighted by atomic mass is 10.0. The summed E-state index contributed by atoms with van der Waals surface area (Å²) in [4.78, 5) is 13.6. The minimum absolute atomic E-state index is 0.0632. The minimum atomic E-state index is -4.49. The molecule has 2 nitrogen and oxygen atoms in total. The van der Waals surface area contributed by atoms with Crippen molar-refractivity contribution in [2.45, 2.75) is 25.1 Å². The van der Waals surface area contributed by atoms with Gasteiger partial charge >= 0.3 is 6.18 Å². The Hall–Kier alpha value is -1.96. The van der Waals surface area contributed by atoms with Gasteiger partial charge in [-0.2, -0.15) is 13.2 Å². The van der Waals surface area contributed by atoms with Crippen LogP contribution in [0.5, 0.6) is 0 Å². The highest BCUT2D eigenvalue weighted by atomic mass is 19.4. The van der Waals surface area contributed by atoms with E-state index in [1.807, 2.05) is 0 Å². The van der Waals surface area contributed by atoms with Gasteiger partial charge < -0.3 is 4.90 Å². The fourth-order valence-electron chi connectivity index (χ4n) is 1.84. The first-order chi connectivity index (χ1) is 8.84. The van der Waals surface area contributed by atoms with Crippen LogP contribution in [-0.4, -0.2) is 23.9 Å². The lowest BCUT2D eigenvalue weighted by Crippen LogP contribution is -2.29. The van der Waals surface area contributed by atoms with Crippen LogP contribution in [-0.2, 0) is 6.18 Å². The predicted octanol–water partition coefficient (Wildman–Crippen LogP) is 2.92. The van der Waals surface area contributed by atoms with E-state index in [0.29, 0.717) is 0 Å². The summed E-state index contributed by atoms with van der Waals surface area (Å²) < 4.78 is 38.0. The molecule has 0 aliphatic heterocycles. The van der Waals surface area contributed by atoms with E-state index in [0.717, 1.165) is 31.0 Å². The Morgan fingerprint density at radius 3 is 2.53 bits per heavy atom. The summed E-state index contributed by atoms with van der Waals surface area (Å²) >= 11 is 0. The average Bonchev–Trinajstić information content (AvgIpc) is 3.19. The van der Waals surface area contributed by atoms with Crippen molar-refractivity contribution in [1.82, 2.24) is 4.90 Å². The first-order valence-corrected chi connectivity index (χ1v) is 5.79. The van der Waals surface area contributed by atoms with Crippen LogP contribution in [0.25, 0.3) is 0 Å². The predicted molar refractivity (Wildman–Crippen MR) is 64.5 cm³/mol. The van der Waals surface area contributed by atoms with Gasteiger partial charge in [-0.15, -0.1) is 6.42 Å². The van der Waals surface area contributed by atoms with E-state index in [2.05, 4.69) is 5.92 Å². The lowest BCUT2D eigenvalue weighted by molar-refractivity contribution is -0.137. The molecule has 1 fully saturated rings. The number of halogens is 3. The van der Waals surface area contributed by atoms with Crippen molar-refractivity contribution in [2.75, 3.05) is 7.05 Å². The first kappa shape index (κ1) is 13.5. The number of carbonyl (C=O) groups excluding carboxylic acids is 1. The Morgan fingerprint density at radius 2 is 2.05 bits per heavy atom. The molecule has 0 saturated heterocycles. The first-order valence-electron chi connectivity index (χ1n) is 5.79. The normalized spacial score (nSPS) is 14.9. The van der Waals surface area contributed by atoms with Gasteiger partial charge in [0.05, 0.1) is 11.1 Å². The zero-order valence-electron chi connectivity index (χ0n) is 10.3. The van der Waals surface area contributed by atoms with Crippen molar-refractivity contribution >= 4 is 5.91 Å². The zero-order valence-corrected chi connectivity index (χ0v) is 10.3. The van der Waals surface area contributed by atoms with Gasteiger partial charge in [0.15, 0.2) is 0 Å². The third-order valence-electron chi connectivity index (χ3n) is 3.15. The molecule has 5 heteroatoms. The summed E-state index contributed by atoms with van der Waals surface area (Å²) in [6, 6.07) is 3.00. The molecule has 1 amide bonds. The lowest BCUT2D eigenvalue weighted by Gasteiger charge is -2.18. The number of hydrogen-bond acceptors (Lipinski definition) is 1. The summed E-state index contributed by atoms with van der Waals surface area (Å²) in [7, 11) is 1.58. The molecule has 1 aromatic carbocycles. The Labute approximate surface area is 109 Å². The number of rotatable bonds is 2. The third-order valence-corrected chi connectivity index (χ3v) is 3.15. The molecule has 0 bridgehead atoms. The largest absolute Gasteiger partial charge is 0.416 e. The minimum Gasteiger partial charge on any atom is -0.339 e. The van der Waals surface area contributed by atoms with Gasteiger partial charge in [0.25, 0.3) is 5.91 Å². The van der Waals surface area contributed by atoms with Gasteiger partial charge in [-0.1, -0.05) is 5.92 Å². The highest BCUT2D eigenvalue weighted by molar-refractivity contribution is 5.97. The molecular weight excluding hydrogens is 255 g/mol. The smallest absolute Gasteiger partial charge is 0.339 e. The second kappa shape index (κ2) is 4.61. The molecule has 1 aliphatic rings. The van der Waals surface area contributed by atoms with Crippen LogP contribution in [0.3, 0.4) is 0 Å². The average molecular weight is 267 g/mol. The van der Waals surface area contributed by atoms with Crippen LogP contribution in [0.1, 0.15) is 34.3 Å². The number of benzene rings is 1. The molecule has 0 radical (unpaired) electrons. The molecular formula is C14H12F3NO. The van der Waals surface area contributed by atoms with Crippen molar-refractivity contribution in [3.8, 4) is 12.3 Å². The second-order valence-electron chi connectivity index (χ2n) is 4.55. The zero-order chi connectivity index (χ0) is 14.2. The molecule has 1 saturated carbocycles. The van der Waals surface area contributed by atoms with Crippen LogP contribution in [0.15, 0.2) is 18.2 Å². The summed E-state index contributed by atoms with van der Waals surface area (Å²) in [6.07, 6.45) is 2.51. The van der Waals surface area contributed by atoms with Gasteiger partial charge in [0.2, 0.25) is 0 Å². The van der Waals surface area contributed by atoms with Crippen LogP contribution >= 0.6 is 0 Å². The fourth-order valence-corrected chi connectivity index (χ4v) is 1.84. The Kier molecular flexibility index (Phi) is 3.27. The van der Waals surface area contributed by atoms with Crippen LogP contribution < -0.4 is 0 Å². The SMILES string of the molecule is C#Cc1ccc(C(F)(F)F)cc1C(=O)N(C)C1CC1. The number of amides is 1. The summed E-state index contributed by atoms with van der Waals surface area (Å²) in [5, 5.41) is 0. The number of carbonyl (C=O) groups is 1. The fraction of sp³-hybridized carbons (Fsp3) is 0.357. The number of alkyl halides is 3. The van der Waals surface area contributed by atoms with Gasteiger partial charge in [0.1, 0.15) is 0 Å². The van der Waals surface area contributed by atoms with E-state index in [9.17, 15) is 18.0 Å². The Morgan fingerprint density at radius 1 is 1.42 bits per heavy atom. The van der Waals surface area contributed by atoms with E-state index in [-0.39, 0.29) is 17.2 Å². The molecule has 1 aliphatic carbocycles. The van der Waals surface area contributed by atoms with Gasteiger partial charge in [-0.25, -0.2) is 0 Å². The molecule has 19 heavy (non-hydrogen) atoms. The van der Waals surface area contributed by atoms with Crippen LogP contribution in [0, 0.1) is 12.3 Å². The number of terminal acetylenes is 1. The van der Waals surface area contributed by atoms with Crippen molar-refractivity contribution < 1.29 is 18.0 Å². The standard InChI is InChI=1S/C14H12F3NO/c1-3-9-4-5-10(14(15,16)17)8-12(9)13(19)18(2)11-6-7-11/h1,4-5,8,11H,6-7H2,2H3. The van der Waals surface area contributed by atoms with Gasteiger partial charge in [-0.05, 0) is 31.0 Å². The van der Waals surface area contributed by atoms with E-state index in [4.69, 9.17) is 6.42 Å². The van der Waals surface area contributed by atoms with Crippen molar-refractivity contribution in [2.24, 2.45) is 0 Å². The molecule has 0 heterocycles. The van der Waals surface area contributed by atoms with E-state index < -0.39 is 17.6 Å². The Balaban J connectivity index is 2.42. The second-order valence-corrected chi connectivity index (χ2v) is 4.55. The third kappa shape index (κ3) is 2.73. The summed E-state index contributed by atoms with van der Waals surface area (Å²) in [5.41, 5.74) is -0.740. The maximum absolute atomic E-state index is 12.7. The highest BCUT2D eigenvalue weighted by Crippen LogP contribution is 2.32. The van der Waals surface area contributed by atoms with Crippen LogP contribution in [0.2, 0.25) is 0 Å². The van der Waals surface area contributed by atoms with Crippen molar-refractivity contribution in [1.29, 1.82) is 0 Å². The molecule has 100 valence electrons. The van der Waals surface area contributed by atoms with E-state index >= 15 is 0 Å². The topological polar surface area (TPSA) is 20.3 Å². The molecule has 0 atom stereocenters. The molecule has 1 aromatic rings. The molecule has 0 aromatic heterocycles. The van der Waals surface area contributed by atoms with Gasteiger partial charge in [0, 0.05) is 18.7 Å². The maximum atomic E-state index is 12.7. The number of nitrogens with zero attached hydrogens (tertiary/aromatic N) is 1.